The second-order valence-electron chi connectivity index (χ2n) is 7.77. The molecule has 0 spiro atoms. The molecule has 0 radical (unpaired) electrons. The van der Waals surface area contributed by atoms with Crippen LogP contribution in [0, 0.1) is 13.8 Å². The molecule has 0 aliphatic carbocycles. The smallest absolute Gasteiger partial charge is 0.247 e. The Bertz CT molecular complexity index is 1140. The summed E-state index contributed by atoms with van der Waals surface area (Å²) in [5, 5.41) is 6.89. The van der Waals surface area contributed by atoms with E-state index < -0.39 is 10.0 Å². The molecule has 1 saturated heterocycles. The van der Waals surface area contributed by atoms with E-state index in [1.54, 1.807) is 24.3 Å². The molecule has 3 aromatic rings. The number of benzene rings is 1. The summed E-state index contributed by atoms with van der Waals surface area (Å²) in [6.45, 7) is 3.90. The normalized spacial score (nSPS) is 17.4. The Morgan fingerprint density at radius 2 is 1.90 bits per heavy atom. The largest absolute Gasteiger partial charge is 0.347 e. The molecule has 0 unspecified atom stereocenters. The minimum atomic E-state index is -3.72. The van der Waals surface area contributed by atoms with Gasteiger partial charge in [0.05, 0.1) is 23.1 Å². The van der Waals surface area contributed by atoms with Crippen LogP contribution >= 0.6 is 0 Å². The topological polar surface area (TPSA) is 95.1 Å². The molecule has 1 atom stereocenters. The highest BCUT2D eigenvalue weighted by molar-refractivity contribution is 7.89. The molecule has 1 aromatic carbocycles. The van der Waals surface area contributed by atoms with Crippen molar-refractivity contribution in [3.8, 4) is 11.1 Å². The van der Waals surface area contributed by atoms with Crippen LogP contribution in [-0.4, -0.2) is 53.5 Å². The van der Waals surface area contributed by atoms with Gasteiger partial charge in [0.2, 0.25) is 16.0 Å². The van der Waals surface area contributed by atoms with Crippen LogP contribution in [0.1, 0.15) is 36.0 Å². The van der Waals surface area contributed by atoms with Crippen LogP contribution < -0.4 is 4.90 Å². The van der Waals surface area contributed by atoms with Crippen molar-refractivity contribution in [2.75, 3.05) is 25.5 Å². The van der Waals surface area contributed by atoms with Crippen molar-refractivity contribution < 1.29 is 8.42 Å². The Labute approximate surface area is 177 Å². The third kappa shape index (κ3) is 3.48. The zero-order chi connectivity index (χ0) is 21.5. The van der Waals surface area contributed by atoms with Crippen molar-refractivity contribution >= 4 is 16.0 Å². The van der Waals surface area contributed by atoms with Gasteiger partial charge in [-0.2, -0.15) is 9.40 Å². The zero-order valence-corrected chi connectivity index (χ0v) is 18.4. The number of aromatic amines is 1. The van der Waals surface area contributed by atoms with Crippen molar-refractivity contribution in [2.45, 2.75) is 37.6 Å². The minimum Gasteiger partial charge on any atom is -0.347 e. The summed E-state index contributed by atoms with van der Waals surface area (Å²) in [4.78, 5) is 11.4. The fourth-order valence-corrected chi connectivity index (χ4v) is 6.03. The lowest BCUT2D eigenvalue weighted by atomic mass is 10.0. The van der Waals surface area contributed by atoms with E-state index in [0.717, 1.165) is 23.2 Å². The molecule has 4 rings (SSSR count). The molecule has 30 heavy (non-hydrogen) atoms. The van der Waals surface area contributed by atoms with Gasteiger partial charge in [0.1, 0.15) is 4.90 Å². The number of aromatic nitrogens is 4. The van der Waals surface area contributed by atoms with Crippen LogP contribution in [0.25, 0.3) is 11.1 Å². The molecule has 2 aromatic heterocycles. The van der Waals surface area contributed by atoms with Crippen molar-refractivity contribution in [2.24, 2.45) is 0 Å². The number of aryl methyl sites for hydroxylation is 2. The lowest BCUT2D eigenvalue weighted by Gasteiger charge is -2.26. The Hall–Kier alpha value is -2.78. The molecule has 1 aliphatic heterocycles. The standard InChI is InChI=1S/C21H26N6O2S/c1-14-20(15(2)25-24-14)30(28,29)27-12-8-11-18(27)19-17(16-9-6-5-7-10-16)13-22-21(23-19)26(3)4/h5-7,9-10,13,18H,8,11-12H2,1-4H3,(H,24,25)/t18-/m1/s1. The molecule has 1 N–H and O–H groups in total. The number of hydrogen-bond donors (Lipinski definition) is 1. The van der Waals surface area contributed by atoms with Crippen LogP contribution in [0.3, 0.4) is 0 Å². The highest BCUT2D eigenvalue weighted by Crippen LogP contribution is 2.40. The fourth-order valence-electron chi connectivity index (χ4n) is 4.03. The SMILES string of the molecule is Cc1n[nH]c(C)c1S(=O)(=O)N1CCC[C@@H]1c1nc(N(C)C)ncc1-c1ccccc1. The van der Waals surface area contributed by atoms with Gasteiger partial charge in [-0.15, -0.1) is 0 Å². The number of nitrogens with zero attached hydrogens (tertiary/aromatic N) is 5. The van der Waals surface area contributed by atoms with E-state index in [0.29, 0.717) is 30.3 Å². The summed E-state index contributed by atoms with van der Waals surface area (Å²) >= 11 is 0. The van der Waals surface area contributed by atoms with E-state index in [1.165, 1.54) is 0 Å². The van der Waals surface area contributed by atoms with Gasteiger partial charge in [0.15, 0.2) is 0 Å². The summed E-state index contributed by atoms with van der Waals surface area (Å²) in [5.41, 5.74) is 3.60. The molecule has 1 aliphatic rings. The van der Waals surface area contributed by atoms with Crippen LogP contribution in [0.5, 0.6) is 0 Å². The minimum absolute atomic E-state index is 0.262. The predicted octanol–water partition coefficient (Wildman–Crippen LogP) is 3.08. The van der Waals surface area contributed by atoms with Crippen molar-refractivity contribution in [1.82, 2.24) is 24.5 Å². The van der Waals surface area contributed by atoms with Crippen molar-refractivity contribution in [1.29, 1.82) is 0 Å². The third-order valence-electron chi connectivity index (χ3n) is 5.44. The molecule has 1 fully saturated rings. The van der Waals surface area contributed by atoms with E-state index in [-0.39, 0.29) is 10.9 Å². The summed E-state index contributed by atoms with van der Waals surface area (Å²) in [7, 11) is 0.0348. The average Bonchev–Trinajstić information content (AvgIpc) is 3.35. The number of anilines is 1. The second-order valence-corrected chi connectivity index (χ2v) is 9.59. The van der Waals surface area contributed by atoms with E-state index in [1.807, 2.05) is 49.3 Å². The van der Waals surface area contributed by atoms with Gasteiger partial charge >= 0.3 is 0 Å². The van der Waals surface area contributed by atoms with Crippen LogP contribution in [0.4, 0.5) is 5.95 Å². The lowest BCUT2D eigenvalue weighted by Crippen LogP contribution is -2.32. The summed E-state index contributed by atoms with van der Waals surface area (Å²) in [6.07, 6.45) is 3.28. The van der Waals surface area contributed by atoms with Gasteiger partial charge in [-0.1, -0.05) is 30.3 Å². The quantitative estimate of drug-likeness (QED) is 0.674. The molecule has 8 nitrogen and oxygen atoms in total. The average molecular weight is 427 g/mol. The predicted molar refractivity (Wildman–Crippen MR) is 116 cm³/mol. The van der Waals surface area contributed by atoms with Crippen molar-refractivity contribution in [3.05, 3.63) is 53.6 Å². The van der Waals surface area contributed by atoms with E-state index in [9.17, 15) is 8.42 Å². The highest BCUT2D eigenvalue weighted by Gasteiger charge is 2.40. The first-order valence-corrected chi connectivity index (χ1v) is 11.4. The van der Waals surface area contributed by atoms with E-state index >= 15 is 0 Å². The maximum atomic E-state index is 13.6. The molecule has 0 amide bonds. The molecule has 0 saturated carbocycles. The number of H-pyrrole nitrogens is 1. The monoisotopic (exact) mass is 426 g/mol. The molecule has 3 heterocycles. The maximum absolute atomic E-state index is 13.6. The third-order valence-corrected chi connectivity index (χ3v) is 7.61. The maximum Gasteiger partial charge on any atom is 0.247 e. The number of sulfonamides is 1. The van der Waals surface area contributed by atoms with Crippen LogP contribution in [0.15, 0.2) is 41.4 Å². The first kappa shape index (κ1) is 20.5. The second kappa shape index (κ2) is 7.81. The number of hydrogen-bond acceptors (Lipinski definition) is 6. The van der Waals surface area contributed by atoms with Gasteiger partial charge in [0.25, 0.3) is 0 Å². The van der Waals surface area contributed by atoms with Crippen LogP contribution in [0.2, 0.25) is 0 Å². The van der Waals surface area contributed by atoms with Gasteiger partial charge in [-0.25, -0.2) is 18.4 Å². The Kier molecular flexibility index (Phi) is 5.33. The molecule has 9 heteroatoms. The Morgan fingerprint density at radius 1 is 1.17 bits per heavy atom. The van der Waals surface area contributed by atoms with Crippen molar-refractivity contribution in [3.63, 3.8) is 0 Å². The van der Waals surface area contributed by atoms with E-state index in [2.05, 4.69) is 15.2 Å². The summed E-state index contributed by atoms with van der Waals surface area (Å²) in [5.74, 6) is 0.560. The van der Waals surface area contributed by atoms with Gasteiger partial charge in [0, 0.05) is 32.4 Å². The Balaban J connectivity index is 1.85. The molecular weight excluding hydrogens is 400 g/mol. The zero-order valence-electron chi connectivity index (χ0n) is 17.6. The number of rotatable bonds is 5. The summed E-state index contributed by atoms with van der Waals surface area (Å²) in [6, 6.07) is 9.50. The summed E-state index contributed by atoms with van der Waals surface area (Å²) < 4.78 is 28.8. The Morgan fingerprint density at radius 3 is 2.53 bits per heavy atom. The molecular formula is C21H26N6O2S. The van der Waals surface area contributed by atoms with E-state index in [4.69, 9.17) is 4.98 Å². The lowest BCUT2D eigenvalue weighted by molar-refractivity contribution is 0.390. The van der Waals surface area contributed by atoms with Gasteiger partial charge in [-0.05, 0) is 32.3 Å². The van der Waals surface area contributed by atoms with Gasteiger partial charge in [-0.3, -0.25) is 5.10 Å². The number of nitrogens with one attached hydrogen (secondary N) is 1. The van der Waals surface area contributed by atoms with Crippen LogP contribution in [-0.2, 0) is 10.0 Å². The molecule has 158 valence electrons. The van der Waals surface area contributed by atoms with Gasteiger partial charge < -0.3 is 4.90 Å². The molecule has 0 bridgehead atoms. The fraction of sp³-hybridized carbons (Fsp3) is 0.381. The first-order valence-electron chi connectivity index (χ1n) is 9.94. The highest BCUT2D eigenvalue weighted by atomic mass is 32.2. The first-order chi connectivity index (χ1) is 14.3.